The SMILES string of the molecule is COc1cc(I)c(CO[C@H](C)Cc2ccc(Cl)c(F)c2)cn1. The quantitative estimate of drug-likeness (QED) is 0.620. The molecular weight excluding hydrogens is 420 g/mol. The molecule has 22 heavy (non-hydrogen) atoms. The van der Waals surface area contributed by atoms with Gasteiger partial charge in [0.05, 0.1) is 24.8 Å². The highest BCUT2D eigenvalue weighted by atomic mass is 127. The average molecular weight is 436 g/mol. The summed E-state index contributed by atoms with van der Waals surface area (Å²) >= 11 is 7.90. The summed E-state index contributed by atoms with van der Waals surface area (Å²) in [6.07, 6.45) is 2.32. The molecule has 1 atom stereocenters. The molecule has 0 saturated heterocycles. The van der Waals surface area contributed by atoms with Crippen LogP contribution in [-0.2, 0) is 17.8 Å². The van der Waals surface area contributed by atoms with Gasteiger partial charge in [-0.2, -0.15) is 0 Å². The molecule has 0 radical (unpaired) electrons. The van der Waals surface area contributed by atoms with E-state index in [9.17, 15) is 4.39 Å². The van der Waals surface area contributed by atoms with E-state index in [4.69, 9.17) is 21.1 Å². The Kier molecular flexibility index (Phi) is 6.40. The van der Waals surface area contributed by atoms with Gasteiger partial charge in [-0.1, -0.05) is 17.7 Å². The van der Waals surface area contributed by atoms with Crippen LogP contribution in [0, 0.1) is 9.39 Å². The molecule has 1 heterocycles. The lowest BCUT2D eigenvalue weighted by Crippen LogP contribution is -2.12. The van der Waals surface area contributed by atoms with Crippen molar-refractivity contribution < 1.29 is 13.9 Å². The second kappa shape index (κ2) is 8.08. The molecule has 0 aliphatic carbocycles. The van der Waals surface area contributed by atoms with Crippen molar-refractivity contribution in [3.63, 3.8) is 0 Å². The van der Waals surface area contributed by atoms with Crippen LogP contribution >= 0.6 is 34.2 Å². The van der Waals surface area contributed by atoms with Crippen molar-refractivity contribution in [3.05, 3.63) is 56.0 Å². The van der Waals surface area contributed by atoms with E-state index in [0.29, 0.717) is 18.9 Å². The third-order valence-corrected chi connectivity index (χ3v) is 4.45. The summed E-state index contributed by atoms with van der Waals surface area (Å²) < 4.78 is 25.3. The van der Waals surface area contributed by atoms with Crippen molar-refractivity contribution in [2.24, 2.45) is 0 Å². The van der Waals surface area contributed by atoms with Crippen LogP contribution in [0.25, 0.3) is 0 Å². The number of rotatable bonds is 6. The molecule has 0 spiro atoms. The Balaban J connectivity index is 1.92. The van der Waals surface area contributed by atoms with Crippen LogP contribution in [-0.4, -0.2) is 18.2 Å². The number of pyridine rings is 1. The van der Waals surface area contributed by atoms with Gasteiger partial charge in [0.25, 0.3) is 0 Å². The lowest BCUT2D eigenvalue weighted by atomic mass is 10.1. The van der Waals surface area contributed by atoms with E-state index in [1.807, 2.05) is 19.1 Å². The third kappa shape index (κ3) is 4.79. The zero-order valence-corrected chi connectivity index (χ0v) is 15.2. The Labute approximate surface area is 147 Å². The summed E-state index contributed by atoms with van der Waals surface area (Å²) in [6, 6.07) is 6.68. The molecule has 0 aliphatic rings. The lowest BCUT2D eigenvalue weighted by molar-refractivity contribution is 0.0529. The smallest absolute Gasteiger partial charge is 0.213 e. The van der Waals surface area contributed by atoms with Crippen LogP contribution in [0.2, 0.25) is 5.02 Å². The molecule has 6 heteroatoms. The van der Waals surface area contributed by atoms with Crippen LogP contribution in [0.5, 0.6) is 5.88 Å². The van der Waals surface area contributed by atoms with Crippen molar-refractivity contribution in [2.75, 3.05) is 7.11 Å². The van der Waals surface area contributed by atoms with Crippen molar-refractivity contribution >= 4 is 34.2 Å². The molecule has 1 aromatic carbocycles. The second-order valence-corrected chi connectivity index (χ2v) is 6.46. The zero-order chi connectivity index (χ0) is 16.1. The van der Waals surface area contributed by atoms with Crippen LogP contribution < -0.4 is 4.74 Å². The predicted molar refractivity (Wildman–Crippen MR) is 92.9 cm³/mol. The number of benzene rings is 1. The molecule has 3 nitrogen and oxygen atoms in total. The maximum absolute atomic E-state index is 13.4. The predicted octanol–water partition coefficient (Wildman–Crippen LogP) is 4.64. The monoisotopic (exact) mass is 435 g/mol. The first-order chi connectivity index (χ1) is 10.5. The highest BCUT2D eigenvalue weighted by molar-refractivity contribution is 14.1. The molecule has 118 valence electrons. The topological polar surface area (TPSA) is 31.4 Å². The zero-order valence-electron chi connectivity index (χ0n) is 12.3. The molecule has 0 amide bonds. The summed E-state index contributed by atoms with van der Waals surface area (Å²) in [7, 11) is 1.59. The van der Waals surface area contributed by atoms with Gasteiger partial charge >= 0.3 is 0 Å². The van der Waals surface area contributed by atoms with Gasteiger partial charge in [0, 0.05) is 21.4 Å². The van der Waals surface area contributed by atoms with Crippen LogP contribution in [0.15, 0.2) is 30.5 Å². The Hall–Kier alpha value is -0.920. The fourth-order valence-electron chi connectivity index (χ4n) is 1.95. The van der Waals surface area contributed by atoms with Gasteiger partial charge in [-0.3, -0.25) is 0 Å². The molecular formula is C16H16ClFINO2. The number of halogens is 3. The Morgan fingerprint density at radius 2 is 2.14 bits per heavy atom. The minimum atomic E-state index is -0.403. The lowest BCUT2D eigenvalue weighted by Gasteiger charge is -2.14. The Morgan fingerprint density at radius 1 is 1.36 bits per heavy atom. The molecule has 0 bridgehead atoms. The third-order valence-electron chi connectivity index (χ3n) is 3.14. The van der Waals surface area contributed by atoms with Gasteiger partial charge in [0.2, 0.25) is 5.88 Å². The molecule has 0 aliphatic heterocycles. The molecule has 2 aromatic rings. The van der Waals surface area contributed by atoms with E-state index in [1.54, 1.807) is 19.4 Å². The largest absolute Gasteiger partial charge is 0.481 e. The van der Waals surface area contributed by atoms with Gasteiger partial charge in [0.1, 0.15) is 5.82 Å². The molecule has 0 saturated carbocycles. The normalized spacial score (nSPS) is 12.2. The highest BCUT2D eigenvalue weighted by Crippen LogP contribution is 2.20. The summed E-state index contributed by atoms with van der Waals surface area (Å²) in [4.78, 5) is 4.17. The van der Waals surface area contributed by atoms with Gasteiger partial charge in [-0.05, 0) is 53.6 Å². The van der Waals surface area contributed by atoms with Crippen LogP contribution in [0.3, 0.4) is 0 Å². The summed E-state index contributed by atoms with van der Waals surface area (Å²) in [6.45, 7) is 2.41. The summed E-state index contributed by atoms with van der Waals surface area (Å²) in [5.41, 5.74) is 1.85. The number of ether oxygens (including phenoxy) is 2. The van der Waals surface area contributed by atoms with E-state index in [1.165, 1.54) is 6.07 Å². The second-order valence-electron chi connectivity index (χ2n) is 4.89. The molecule has 0 unspecified atom stereocenters. The number of hydrogen-bond acceptors (Lipinski definition) is 3. The average Bonchev–Trinajstić information content (AvgIpc) is 2.49. The number of hydrogen-bond donors (Lipinski definition) is 0. The molecule has 1 aromatic heterocycles. The van der Waals surface area contributed by atoms with E-state index >= 15 is 0 Å². The fourth-order valence-corrected chi connectivity index (χ4v) is 2.63. The number of aromatic nitrogens is 1. The maximum atomic E-state index is 13.4. The number of nitrogens with zero attached hydrogens (tertiary/aromatic N) is 1. The first-order valence-corrected chi connectivity index (χ1v) is 8.19. The van der Waals surface area contributed by atoms with Gasteiger partial charge in [0.15, 0.2) is 0 Å². The molecule has 0 N–H and O–H groups in total. The first-order valence-electron chi connectivity index (χ1n) is 6.73. The van der Waals surface area contributed by atoms with Crippen molar-refractivity contribution in [2.45, 2.75) is 26.1 Å². The van der Waals surface area contributed by atoms with Crippen LogP contribution in [0.1, 0.15) is 18.1 Å². The van der Waals surface area contributed by atoms with Crippen LogP contribution in [0.4, 0.5) is 4.39 Å². The van der Waals surface area contributed by atoms with Crippen molar-refractivity contribution in [1.82, 2.24) is 4.98 Å². The number of methoxy groups -OCH3 is 1. The standard InChI is InChI=1S/C16H16ClFINO2/c1-10(5-11-3-4-13(17)14(18)6-11)22-9-12-8-20-16(21-2)7-15(12)19/h3-4,6-8,10H,5,9H2,1-2H3/t10-/m1/s1. The molecule has 2 rings (SSSR count). The minimum Gasteiger partial charge on any atom is -0.481 e. The van der Waals surface area contributed by atoms with Crippen molar-refractivity contribution in [1.29, 1.82) is 0 Å². The van der Waals surface area contributed by atoms with E-state index in [2.05, 4.69) is 27.6 Å². The van der Waals surface area contributed by atoms with Gasteiger partial charge < -0.3 is 9.47 Å². The Bertz CT molecular complexity index is 654. The van der Waals surface area contributed by atoms with E-state index < -0.39 is 5.82 Å². The highest BCUT2D eigenvalue weighted by Gasteiger charge is 2.09. The Morgan fingerprint density at radius 3 is 2.77 bits per heavy atom. The van der Waals surface area contributed by atoms with Gasteiger partial charge in [-0.25, -0.2) is 9.37 Å². The van der Waals surface area contributed by atoms with E-state index in [-0.39, 0.29) is 11.1 Å². The van der Waals surface area contributed by atoms with Crippen molar-refractivity contribution in [3.8, 4) is 5.88 Å². The summed E-state index contributed by atoms with van der Waals surface area (Å²) in [5.74, 6) is 0.179. The van der Waals surface area contributed by atoms with Gasteiger partial charge in [-0.15, -0.1) is 0 Å². The fraction of sp³-hybridized carbons (Fsp3) is 0.312. The van der Waals surface area contributed by atoms with E-state index in [0.717, 1.165) is 14.7 Å². The minimum absolute atomic E-state index is 0.0431. The first kappa shape index (κ1) is 17.4. The molecule has 0 fully saturated rings. The maximum Gasteiger partial charge on any atom is 0.213 e. The summed E-state index contributed by atoms with van der Waals surface area (Å²) in [5, 5.41) is 0.135.